The Morgan fingerprint density at radius 2 is 2.21 bits per heavy atom. The number of furan rings is 1. The van der Waals surface area contributed by atoms with Crippen molar-refractivity contribution >= 4 is 27.5 Å². The lowest BCUT2D eigenvalue weighted by molar-refractivity contribution is 0.506. The molecule has 1 aromatic heterocycles. The molecule has 0 radical (unpaired) electrons. The van der Waals surface area contributed by atoms with Gasteiger partial charge in [-0.3, -0.25) is 0 Å². The van der Waals surface area contributed by atoms with Crippen molar-refractivity contribution in [2.24, 2.45) is 0 Å². The zero-order valence-electron chi connectivity index (χ0n) is 10.4. The van der Waals surface area contributed by atoms with E-state index in [9.17, 15) is 4.39 Å². The Labute approximate surface area is 125 Å². The maximum absolute atomic E-state index is 13.0. The van der Waals surface area contributed by atoms with Crippen LogP contribution in [0.4, 0.5) is 4.39 Å². The molecule has 0 aliphatic carbocycles. The highest BCUT2D eigenvalue weighted by atomic mass is 79.9. The van der Waals surface area contributed by atoms with Crippen molar-refractivity contribution in [3.05, 3.63) is 57.2 Å². The molecule has 1 heterocycles. The topological polar surface area (TPSA) is 25.2 Å². The minimum absolute atomic E-state index is 0.0705. The molecule has 1 aromatic carbocycles. The van der Waals surface area contributed by atoms with Crippen LogP contribution in [0, 0.1) is 5.82 Å². The van der Waals surface area contributed by atoms with Gasteiger partial charge in [-0.15, -0.1) is 0 Å². The molecule has 2 rings (SSSR count). The van der Waals surface area contributed by atoms with Gasteiger partial charge in [0.1, 0.15) is 5.82 Å². The summed E-state index contributed by atoms with van der Waals surface area (Å²) in [5.74, 6) is -0.321. The zero-order valence-corrected chi connectivity index (χ0v) is 12.8. The van der Waals surface area contributed by atoms with Gasteiger partial charge in [-0.25, -0.2) is 4.39 Å². The summed E-state index contributed by atoms with van der Waals surface area (Å²) in [7, 11) is 0. The van der Waals surface area contributed by atoms with E-state index in [2.05, 4.69) is 21.2 Å². The predicted octanol–water partition coefficient (Wildman–Crippen LogP) is 4.73. The predicted molar refractivity (Wildman–Crippen MR) is 77.9 cm³/mol. The van der Waals surface area contributed by atoms with Crippen molar-refractivity contribution in [2.45, 2.75) is 19.4 Å². The highest BCUT2D eigenvalue weighted by Gasteiger charge is 2.17. The van der Waals surface area contributed by atoms with Crippen molar-refractivity contribution in [3.63, 3.8) is 0 Å². The van der Waals surface area contributed by atoms with E-state index in [1.54, 1.807) is 12.3 Å². The van der Waals surface area contributed by atoms with Crippen molar-refractivity contribution < 1.29 is 8.81 Å². The molecule has 1 N–H and O–H groups in total. The monoisotopic (exact) mass is 345 g/mol. The maximum Gasteiger partial charge on any atom is 0.173 e. The van der Waals surface area contributed by atoms with Gasteiger partial charge in [0.25, 0.3) is 0 Å². The normalized spacial score (nSPS) is 12.6. The number of halogens is 3. The standard InChI is InChI=1S/C14H14BrClFNO/c1-2-18-13(11-5-6-19-14(11)15)7-9-3-4-10(17)8-12(9)16/h3-6,8,13,18H,2,7H2,1H3. The SMILES string of the molecule is CCNC(Cc1ccc(F)cc1Cl)c1ccoc1Br. The van der Waals surface area contributed by atoms with Gasteiger partial charge in [0.05, 0.1) is 6.26 Å². The lowest BCUT2D eigenvalue weighted by Gasteiger charge is -2.18. The fourth-order valence-corrected chi connectivity index (χ4v) is 2.76. The average Bonchev–Trinajstić information content (AvgIpc) is 2.78. The smallest absolute Gasteiger partial charge is 0.173 e. The Hall–Kier alpha value is -0.840. The Morgan fingerprint density at radius 1 is 1.42 bits per heavy atom. The number of likely N-dealkylation sites (N-methyl/N-ethyl adjacent to an activating group) is 1. The second-order valence-corrected chi connectivity index (χ2v) is 5.33. The Bertz CT molecular complexity index is 558. The quantitative estimate of drug-likeness (QED) is 0.847. The van der Waals surface area contributed by atoms with E-state index in [0.717, 1.165) is 17.7 Å². The lowest BCUT2D eigenvalue weighted by atomic mass is 10.0. The van der Waals surface area contributed by atoms with E-state index in [4.69, 9.17) is 16.0 Å². The van der Waals surface area contributed by atoms with Crippen LogP contribution in [0.5, 0.6) is 0 Å². The first-order valence-corrected chi connectivity index (χ1v) is 7.19. The van der Waals surface area contributed by atoms with Crippen LogP contribution in [0.25, 0.3) is 0 Å². The number of nitrogens with one attached hydrogen (secondary N) is 1. The van der Waals surface area contributed by atoms with Gasteiger partial charge in [0, 0.05) is 16.6 Å². The van der Waals surface area contributed by atoms with Crippen LogP contribution in [0.1, 0.15) is 24.1 Å². The number of hydrogen-bond donors (Lipinski definition) is 1. The Balaban J connectivity index is 2.24. The molecule has 0 saturated heterocycles. The van der Waals surface area contributed by atoms with Crippen LogP contribution >= 0.6 is 27.5 Å². The summed E-state index contributed by atoms with van der Waals surface area (Å²) in [6.45, 7) is 2.86. The average molecular weight is 347 g/mol. The van der Waals surface area contributed by atoms with Crippen LogP contribution in [-0.2, 0) is 6.42 Å². The van der Waals surface area contributed by atoms with Gasteiger partial charge in [-0.05, 0) is 52.7 Å². The number of benzene rings is 1. The minimum atomic E-state index is -0.321. The number of hydrogen-bond acceptors (Lipinski definition) is 2. The molecule has 2 nitrogen and oxygen atoms in total. The molecular formula is C14H14BrClFNO. The lowest BCUT2D eigenvalue weighted by Crippen LogP contribution is -2.23. The molecule has 0 amide bonds. The largest absolute Gasteiger partial charge is 0.457 e. The molecule has 0 bridgehead atoms. The maximum atomic E-state index is 13.0. The van der Waals surface area contributed by atoms with E-state index >= 15 is 0 Å². The molecule has 5 heteroatoms. The summed E-state index contributed by atoms with van der Waals surface area (Å²) in [6.07, 6.45) is 2.31. The molecule has 0 fully saturated rings. The van der Waals surface area contributed by atoms with Crippen LogP contribution in [0.3, 0.4) is 0 Å². The molecule has 0 aliphatic rings. The zero-order chi connectivity index (χ0) is 13.8. The number of rotatable bonds is 5. The molecule has 0 aliphatic heterocycles. The molecule has 2 aromatic rings. The highest BCUT2D eigenvalue weighted by Crippen LogP contribution is 2.29. The van der Waals surface area contributed by atoms with Gasteiger partial charge < -0.3 is 9.73 Å². The van der Waals surface area contributed by atoms with Crippen molar-refractivity contribution in [2.75, 3.05) is 6.54 Å². The van der Waals surface area contributed by atoms with Gasteiger partial charge in [-0.1, -0.05) is 24.6 Å². The van der Waals surface area contributed by atoms with Crippen molar-refractivity contribution in [1.82, 2.24) is 5.32 Å². The third-order valence-corrected chi connectivity index (χ3v) is 3.91. The van der Waals surface area contributed by atoms with Gasteiger partial charge in [0.2, 0.25) is 0 Å². The molecule has 0 spiro atoms. The van der Waals surface area contributed by atoms with E-state index in [1.165, 1.54) is 12.1 Å². The van der Waals surface area contributed by atoms with E-state index in [1.807, 2.05) is 13.0 Å². The summed E-state index contributed by atoms with van der Waals surface area (Å²) >= 11 is 9.45. The highest BCUT2D eigenvalue weighted by molar-refractivity contribution is 9.10. The van der Waals surface area contributed by atoms with E-state index in [0.29, 0.717) is 16.1 Å². The van der Waals surface area contributed by atoms with Crippen molar-refractivity contribution in [3.8, 4) is 0 Å². The van der Waals surface area contributed by atoms with Gasteiger partial charge in [0.15, 0.2) is 4.67 Å². The van der Waals surface area contributed by atoms with Crippen LogP contribution in [0.2, 0.25) is 5.02 Å². The van der Waals surface area contributed by atoms with Crippen molar-refractivity contribution in [1.29, 1.82) is 0 Å². The minimum Gasteiger partial charge on any atom is -0.457 e. The Morgan fingerprint density at radius 3 is 2.79 bits per heavy atom. The third kappa shape index (κ3) is 3.59. The second kappa shape index (κ2) is 6.55. The molecule has 0 saturated carbocycles. The first-order chi connectivity index (χ1) is 9.11. The third-order valence-electron chi connectivity index (χ3n) is 2.91. The first-order valence-electron chi connectivity index (χ1n) is 6.02. The van der Waals surface area contributed by atoms with Crippen LogP contribution in [0.15, 0.2) is 39.6 Å². The molecule has 1 atom stereocenters. The first kappa shape index (κ1) is 14.6. The fourth-order valence-electron chi connectivity index (χ4n) is 2.00. The molecule has 1 unspecified atom stereocenters. The summed E-state index contributed by atoms with van der Waals surface area (Å²) in [5.41, 5.74) is 1.93. The summed E-state index contributed by atoms with van der Waals surface area (Å²) < 4.78 is 19.0. The molecule has 19 heavy (non-hydrogen) atoms. The molecule has 102 valence electrons. The molecular weight excluding hydrogens is 333 g/mol. The van der Waals surface area contributed by atoms with Gasteiger partial charge >= 0.3 is 0 Å². The summed E-state index contributed by atoms with van der Waals surface area (Å²) in [4.78, 5) is 0. The van der Waals surface area contributed by atoms with E-state index in [-0.39, 0.29) is 11.9 Å². The van der Waals surface area contributed by atoms with Crippen LogP contribution < -0.4 is 5.32 Å². The fraction of sp³-hybridized carbons (Fsp3) is 0.286. The van der Waals surface area contributed by atoms with Crippen LogP contribution in [-0.4, -0.2) is 6.54 Å². The summed E-state index contributed by atoms with van der Waals surface area (Å²) in [6, 6.07) is 6.46. The summed E-state index contributed by atoms with van der Waals surface area (Å²) in [5, 5.41) is 3.82. The second-order valence-electron chi connectivity index (χ2n) is 4.20. The van der Waals surface area contributed by atoms with Gasteiger partial charge in [-0.2, -0.15) is 0 Å². The van der Waals surface area contributed by atoms with E-state index < -0.39 is 0 Å². The Kier molecular flexibility index (Phi) is 5.02.